The molecule has 2 amide bonds. The van der Waals surface area contributed by atoms with Crippen LogP contribution in [-0.4, -0.2) is 27.7 Å². The predicted molar refractivity (Wildman–Crippen MR) is 110 cm³/mol. The first-order chi connectivity index (χ1) is 13.8. The van der Waals surface area contributed by atoms with Gasteiger partial charge in [-0.15, -0.1) is 0 Å². The lowest BCUT2D eigenvalue weighted by Gasteiger charge is -2.11. The summed E-state index contributed by atoms with van der Waals surface area (Å²) >= 11 is 0. The Labute approximate surface area is 169 Å². The third-order valence-corrected chi connectivity index (χ3v) is 4.28. The minimum atomic E-state index is -0.436. The number of hydrogen-bond acceptors (Lipinski definition) is 4. The van der Waals surface area contributed by atoms with E-state index in [0.717, 1.165) is 11.3 Å². The third-order valence-electron chi connectivity index (χ3n) is 4.28. The van der Waals surface area contributed by atoms with Gasteiger partial charge in [0.1, 0.15) is 5.75 Å². The fourth-order valence-electron chi connectivity index (χ4n) is 2.86. The lowest BCUT2D eigenvalue weighted by molar-refractivity contribution is 0.0846. The normalized spacial score (nSPS) is 10.7. The van der Waals surface area contributed by atoms with E-state index in [1.54, 1.807) is 35.9 Å². The molecule has 0 aliphatic heterocycles. The first-order valence-corrected chi connectivity index (χ1v) is 9.34. The standard InChI is InChI=1S/C22H24N4O3/c1-14(2)29-19-10-8-17(9-11-19)21(27)24-25-22(28)20-13-23-26(16(20)4)18-7-5-6-15(3)12-18/h5-14H,1-4H3,(H,24,27)(H,25,28). The molecule has 0 aliphatic rings. The van der Waals surface area contributed by atoms with Crippen molar-refractivity contribution in [2.24, 2.45) is 0 Å². The Kier molecular flexibility index (Phi) is 5.97. The highest BCUT2D eigenvalue weighted by Crippen LogP contribution is 2.16. The topological polar surface area (TPSA) is 85.3 Å². The van der Waals surface area contributed by atoms with Crippen molar-refractivity contribution < 1.29 is 14.3 Å². The maximum atomic E-state index is 12.5. The molecule has 0 aliphatic carbocycles. The van der Waals surface area contributed by atoms with Gasteiger partial charge >= 0.3 is 0 Å². The quantitative estimate of drug-likeness (QED) is 0.652. The number of hydrazine groups is 1. The van der Waals surface area contributed by atoms with Crippen molar-refractivity contribution in [3.63, 3.8) is 0 Å². The highest BCUT2D eigenvalue weighted by atomic mass is 16.5. The van der Waals surface area contributed by atoms with Gasteiger partial charge in [0, 0.05) is 5.56 Å². The number of aryl methyl sites for hydroxylation is 1. The Hall–Kier alpha value is -3.61. The van der Waals surface area contributed by atoms with E-state index in [1.807, 2.05) is 45.0 Å². The summed E-state index contributed by atoms with van der Waals surface area (Å²) in [4.78, 5) is 24.8. The van der Waals surface area contributed by atoms with Gasteiger partial charge in [-0.05, 0) is 69.7 Å². The van der Waals surface area contributed by atoms with Crippen molar-refractivity contribution in [3.8, 4) is 11.4 Å². The first kappa shape index (κ1) is 20.1. The summed E-state index contributed by atoms with van der Waals surface area (Å²) in [6.45, 7) is 7.66. The molecule has 0 saturated carbocycles. The van der Waals surface area contributed by atoms with Gasteiger partial charge in [-0.25, -0.2) is 4.68 Å². The van der Waals surface area contributed by atoms with Crippen LogP contribution in [0.5, 0.6) is 5.75 Å². The van der Waals surface area contributed by atoms with Crippen LogP contribution in [0.3, 0.4) is 0 Å². The van der Waals surface area contributed by atoms with Crippen LogP contribution in [0.25, 0.3) is 5.69 Å². The van der Waals surface area contributed by atoms with Crippen LogP contribution in [0.15, 0.2) is 54.7 Å². The summed E-state index contributed by atoms with van der Waals surface area (Å²) in [6.07, 6.45) is 1.54. The zero-order valence-electron chi connectivity index (χ0n) is 16.9. The number of aromatic nitrogens is 2. The second-order valence-electron chi connectivity index (χ2n) is 6.99. The molecule has 150 valence electrons. The number of carbonyl (C=O) groups excluding carboxylic acids is 2. The van der Waals surface area contributed by atoms with Gasteiger partial charge in [-0.2, -0.15) is 5.10 Å². The lowest BCUT2D eigenvalue weighted by Crippen LogP contribution is -2.41. The Morgan fingerprint density at radius 3 is 2.34 bits per heavy atom. The molecule has 0 atom stereocenters. The van der Waals surface area contributed by atoms with E-state index < -0.39 is 11.8 Å². The largest absolute Gasteiger partial charge is 0.491 e. The molecule has 0 spiro atoms. The summed E-state index contributed by atoms with van der Waals surface area (Å²) in [6, 6.07) is 14.5. The number of nitrogens with zero attached hydrogens (tertiary/aromatic N) is 2. The van der Waals surface area contributed by atoms with Crippen molar-refractivity contribution >= 4 is 11.8 Å². The van der Waals surface area contributed by atoms with Gasteiger partial charge in [0.25, 0.3) is 11.8 Å². The molecule has 0 unspecified atom stereocenters. The third kappa shape index (κ3) is 4.82. The van der Waals surface area contributed by atoms with Crippen molar-refractivity contribution in [2.75, 3.05) is 0 Å². The zero-order chi connectivity index (χ0) is 21.0. The molecule has 2 N–H and O–H groups in total. The lowest BCUT2D eigenvalue weighted by atomic mass is 10.2. The van der Waals surface area contributed by atoms with Gasteiger partial charge in [0.05, 0.1) is 29.2 Å². The Balaban J connectivity index is 1.64. The zero-order valence-corrected chi connectivity index (χ0v) is 16.9. The predicted octanol–water partition coefficient (Wildman–Crippen LogP) is 3.35. The molecule has 0 saturated heterocycles. The molecule has 3 rings (SSSR count). The molecule has 0 bridgehead atoms. The Morgan fingerprint density at radius 2 is 1.69 bits per heavy atom. The van der Waals surface area contributed by atoms with E-state index in [1.165, 1.54) is 6.20 Å². The molecule has 0 radical (unpaired) electrons. The van der Waals surface area contributed by atoms with Crippen LogP contribution >= 0.6 is 0 Å². The number of benzene rings is 2. The highest BCUT2D eigenvalue weighted by molar-refractivity contribution is 5.99. The van der Waals surface area contributed by atoms with Crippen LogP contribution in [0.2, 0.25) is 0 Å². The number of amides is 2. The Bertz CT molecular complexity index is 1020. The van der Waals surface area contributed by atoms with Gasteiger partial charge in [0.15, 0.2) is 0 Å². The molecule has 7 nitrogen and oxygen atoms in total. The fourth-order valence-corrected chi connectivity index (χ4v) is 2.86. The minimum Gasteiger partial charge on any atom is -0.491 e. The van der Waals surface area contributed by atoms with E-state index in [4.69, 9.17) is 4.74 Å². The van der Waals surface area contributed by atoms with Crippen molar-refractivity contribution in [1.29, 1.82) is 0 Å². The molecule has 29 heavy (non-hydrogen) atoms. The Morgan fingerprint density at radius 1 is 1.00 bits per heavy atom. The molecule has 1 aromatic heterocycles. The van der Waals surface area contributed by atoms with E-state index >= 15 is 0 Å². The fraction of sp³-hybridized carbons (Fsp3) is 0.227. The van der Waals surface area contributed by atoms with Crippen LogP contribution in [0, 0.1) is 13.8 Å². The van der Waals surface area contributed by atoms with E-state index in [2.05, 4.69) is 16.0 Å². The summed E-state index contributed by atoms with van der Waals surface area (Å²) in [5.74, 6) is -0.174. The maximum absolute atomic E-state index is 12.5. The molecule has 7 heteroatoms. The van der Waals surface area contributed by atoms with Gasteiger partial charge in [-0.1, -0.05) is 12.1 Å². The number of ether oxygens (including phenoxy) is 1. The molecule has 1 heterocycles. The van der Waals surface area contributed by atoms with Gasteiger partial charge < -0.3 is 4.74 Å². The molecular weight excluding hydrogens is 368 g/mol. The minimum absolute atomic E-state index is 0.0536. The maximum Gasteiger partial charge on any atom is 0.273 e. The highest BCUT2D eigenvalue weighted by Gasteiger charge is 2.16. The number of carbonyl (C=O) groups is 2. The summed E-state index contributed by atoms with van der Waals surface area (Å²) < 4.78 is 7.25. The summed E-state index contributed by atoms with van der Waals surface area (Å²) in [5, 5.41) is 4.30. The summed E-state index contributed by atoms with van der Waals surface area (Å²) in [7, 11) is 0. The molecule has 2 aromatic carbocycles. The number of nitrogens with one attached hydrogen (secondary N) is 2. The monoisotopic (exact) mass is 392 g/mol. The first-order valence-electron chi connectivity index (χ1n) is 9.34. The number of rotatable bonds is 5. The van der Waals surface area contributed by atoms with Crippen molar-refractivity contribution in [3.05, 3.63) is 77.1 Å². The van der Waals surface area contributed by atoms with Crippen LogP contribution in [0.1, 0.15) is 45.8 Å². The smallest absolute Gasteiger partial charge is 0.273 e. The van der Waals surface area contributed by atoms with E-state index in [9.17, 15) is 9.59 Å². The van der Waals surface area contributed by atoms with Crippen molar-refractivity contribution in [1.82, 2.24) is 20.6 Å². The molecular formula is C22H24N4O3. The van der Waals surface area contributed by atoms with Gasteiger partial charge in [-0.3, -0.25) is 20.4 Å². The van der Waals surface area contributed by atoms with Crippen LogP contribution < -0.4 is 15.6 Å². The second kappa shape index (κ2) is 8.60. The van der Waals surface area contributed by atoms with E-state index in [0.29, 0.717) is 22.6 Å². The second-order valence-corrected chi connectivity index (χ2v) is 6.99. The SMILES string of the molecule is Cc1cccc(-n2ncc(C(=O)NNC(=O)c3ccc(OC(C)C)cc3)c2C)c1. The van der Waals surface area contributed by atoms with Crippen LogP contribution in [-0.2, 0) is 0 Å². The molecule has 0 fully saturated rings. The average molecular weight is 392 g/mol. The van der Waals surface area contributed by atoms with Crippen molar-refractivity contribution in [2.45, 2.75) is 33.8 Å². The van der Waals surface area contributed by atoms with Gasteiger partial charge in [0.2, 0.25) is 0 Å². The average Bonchev–Trinajstić information content (AvgIpc) is 3.07. The summed E-state index contributed by atoms with van der Waals surface area (Å²) in [5.41, 5.74) is 8.30. The van der Waals surface area contributed by atoms with E-state index in [-0.39, 0.29) is 6.10 Å². The number of hydrogen-bond donors (Lipinski definition) is 2. The molecule has 3 aromatic rings. The van der Waals surface area contributed by atoms with Crippen LogP contribution in [0.4, 0.5) is 0 Å².